The number of aromatic nitrogens is 3. The summed E-state index contributed by atoms with van der Waals surface area (Å²) in [7, 11) is 0. The number of aryl methyl sites for hydroxylation is 2. The van der Waals surface area contributed by atoms with Crippen LogP contribution in [0.15, 0.2) is 29.1 Å². The smallest absolute Gasteiger partial charge is 0.261 e. The zero-order valence-electron chi connectivity index (χ0n) is 14.7. The van der Waals surface area contributed by atoms with E-state index in [1.54, 1.807) is 17.4 Å². The number of H-pyrrole nitrogens is 2. The van der Waals surface area contributed by atoms with E-state index in [0.29, 0.717) is 12.5 Å². The zero-order chi connectivity index (χ0) is 18.4. The first kappa shape index (κ1) is 16.5. The van der Waals surface area contributed by atoms with Crippen LogP contribution in [0.4, 0.5) is 10.3 Å². The summed E-state index contributed by atoms with van der Waals surface area (Å²) in [4.78, 5) is 25.5. The van der Waals surface area contributed by atoms with Crippen molar-refractivity contribution in [3.05, 3.63) is 56.6 Å². The summed E-state index contributed by atoms with van der Waals surface area (Å²) in [6.07, 6.45) is 5.09. The Morgan fingerprint density at radius 1 is 1.19 bits per heavy atom. The molecule has 0 radical (unpaired) electrons. The van der Waals surface area contributed by atoms with Crippen molar-refractivity contribution in [2.24, 2.45) is 0 Å². The molecule has 0 unspecified atom stereocenters. The zero-order valence-corrected chi connectivity index (χ0v) is 15.5. The summed E-state index contributed by atoms with van der Waals surface area (Å²) in [5.41, 5.74) is 3.08. The largest absolute Gasteiger partial charge is 0.358 e. The van der Waals surface area contributed by atoms with Gasteiger partial charge in [0.15, 0.2) is 0 Å². The van der Waals surface area contributed by atoms with Crippen molar-refractivity contribution in [3.8, 4) is 0 Å². The molecule has 0 saturated carbocycles. The lowest BCUT2D eigenvalue weighted by Crippen LogP contribution is -2.15. The highest BCUT2D eigenvalue weighted by Crippen LogP contribution is 2.33. The standard InChI is InChI=1S/C20H19FN4OS/c21-12-5-6-15-11(9-12)10-13(23-15)7-8-22-20-24-18(26)17-14-3-1-2-4-16(14)27-19(17)25-20/h5-6,9-10,23H,1-4,7-8H2,(H2,22,24,25,26). The Bertz CT molecular complexity index is 1210. The van der Waals surface area contributed by atoms with Crippen molar-refractivity contribution < 1.29 is 4.39 Å². The van der Waals surface area contributed by atoms with Crippen molar-refractivity contribution >= 4 is 38.4 Å². The van der Waals surface area contributed by atoms with Gasteiger partial charge in [0.2, 0.25) is 5.95 Å². The van der Waals surface area contributed by atoms with Gasteiger partial charge in [-0.15, -0.1) is 11.3 Å². The maximum absolute atomic E-state index is 13.3. The van der Waals surface area contributed by atoms with Crippen molar-refractivity contribution in [1.29, 1.82) is 0 Å². The Labute approximate surface area is 158 Å². The van der Waals surface area contributed by atoms with Crippen LogP contribution < -0.4 is 10.9 Å². The number of aromatic amines is 2. The molecule has 4 aromatic rings. The highest BCUT2D eigenvalue weighted by atomic mass is 32.1. The highest BCUT2D eigenvalue weighted by molar-refractivity contribution is 7.18. The Hall–Kier alpha value is -2.67. The number of thiophene rings is 1. The second kappa shape index (κ2) is 6.49. The number of hydrogen-bond donors (Lipinski definition) is 3. The van der Waals surface area contributed by atoms with Crippen LogP contribution >= 0.6 is 11.3 Å². The molecular weight excluding hydrogens is 363 g/mol. The molecule has 0 saturated heterocycles. The average Bonchev–Trinajstić information content (AvgIpc) is 3.21. The minimum Gasteiger partial charge on any atom is -0.358 e. The van der Waals surface area contributed by atoms with E-state index in [-0.39, 0.29) is 11.4 Å². The number of halogens is 1. The third kappa shape index (κ3) is 3.02. The number of hydrogen-bond acceptors (Lipinski definition) is 4. The topological polar surface area (TPSA) is 73.6 Å². The molecule has 0 atom stereocenters. The number of benzene rings is 1. The molecule has 0 aliphatic heterocycles. The third-order valence-electron chi connectivity index (χ3n) is 5.15. The van der Waals surface area contributed by atoms with Gasteiger partial charge in [0, 0.05) is 34.4 Å². The summed E-state index contributed by atoms with van der Waals surface area (Å²) in [5, 5.41) is 4.85. The molecule has 1 aliphatic rings. The average molecular weight is 382 g/mol. The Balaban J connectivity index is 1.34. The van der Waals surface area contributed by atoms with Gasteiger partial charge in [0.05, 0.1) is 5.39 Å². The van der Waals surface area contributed by atoms with Crippen LogP contribution in [-0.2, 0) is 19.3 Å². The molecule has 5 rings (SSSR count). The Kier molecular flexibility index (Phi) is 3.97. The third-order valence-corrected chi connectivity index (χ3v) is 6.34. The first-order valence-electron chi connectivity index (χ1n) is 9.23. The van der Waals surface area contributed by atoms with Crippen molar-refractivity contribution in [1.82, 2.24) is 15.0 Å². The van der Waals surface area contributed by atoms with Gasteiger partial charge in [-0.1, -0.05) is 0 Å². The minimum absolute atomic E-state index is 0.0528. The quantitative estimate of drug-likeness (QED) is 0.497. The van der Waals surface area contributed by atoms with Crippen LogP contribution in [0.2, 0.25) is 0 Å². The molecular formula is C20H19FN4OS. The summed E-state index contributed by atoms with van der Waals surface area (Å²) >= 11 is 1.65. The first-order valence-corrected chi connectivity index (χ1v) is 10.0. The summed E-state index contributed by atoms with van der Waals surface area (Å²) < 4.78 is 13.3. The number of nitrogens with one attached hydrogen (secondary N) is 3. The van der Waals surface area contributed by atoms with Crippen LogP contribution in [0.25, 0.3) is 21.1 Å². The summed E-state index contributed by atoms with van der Waals surface area (Å²) in [6.45, 7) is 0.620. The van der Waals surface area contributed by atoms with Gasteiger partial charge in [-0.3, -0.25) is 9.78 Å². The minimum atomic E-state index is -0.236. The van der Waals surface area contributed by atoms with E-state index in [4.69, 9.17) is 0 Å². The maximum atomic E-state index is 13.3. The normalized spacial score (nSPS) is 14.0. The van der Waals surface area contributed by atoms with Crippen LogP contribution in [0.1, 0.15) is 29.0 Å². The van der Waals surface area contributed by atoms with Crippen molar-refractivity contribution in [2.45, 2.75) is 32.1 Å². The van der Waals surface area contributed by atoms with Gasteiger partial charge in [-0.25, -0.2) is 9.37 Å². The monoisotopic (exact) mass is 382 g/mol. The molecule has 27 heavy (non-hydrogen) atoms. The first-order chi connectivity index (χ1) is 13.2. The number of fused-ring (bicyclic) bond motifs is 4. The van der Waals surface area contributed by atoms with Gasteiger partial charge in [-0.2, -0.15) is 0 Å². The van der Waals surface area contributed by atoms with E-state index in [1.807, 2.05) is 6.07 Å². The van der Waals surface area contributed by atoms with E-state index in [2.05, 4.69) is 20.3 Å². The molecule has 5 nitrogen and oxygen atoms in total. The van der Waals surface area contributed by atoms with Gasteiger partial charge in [0.1, 0.15) is 10.6 Å². The summed E-state index contributed by atoms with van der Waals surface area (Å²) in [5.74, 6) is 0.271. The van der Waals surface area contributed by atoms with E-state index < -0.39 is 0 Å². The lowest BCUT2D eigenvalue weighted by atomic mass is 9.97. The predicted molar refractivity (Wildman–Crippen MR) is 107 cm³/mol. The molecule has 1 aliphatic carbocycles. The second-order valence-electron chi connectivity index (χ2n) is 7.01. The van der Waals surface area contributed by atoms with Gasteiger partial charge in [0.25, 0.3) is 5.56 Å². The SMILES string of the molecule is O=c1[nH]c(NCCc2cc3cc(F)ccc3[nH]2)nc2sc3c(c12)CCCC3. The Morgan fingerprint density at radius 2 is 2.07 bits per heavy atom. The van der Waals surface area contributed by atoms with Crippen molar-refractivity contribution in [3.63, 3.8) is 0 Å². The van der Waals surface area contributed by atoms with Crippen LogP contribution in [0.3, 0.4) is 0 Å². The highest BCUT2D eigenvalue weighted by Gasteiger charge is 2.19. The lowest BCUT2D eigenvalue weighted by Gasteiger charge is -2.09. The fourth-order valence-corrected chi connectivity index (χ4v) is 5.12. The number of nitrogens with zero attached hydrogens (tertiary/aromatic N) is 1. The van der Waals surface area contributed by atoms with Crippen LogP contribution in [-0.4, -0.2) is 21.5 Å². The van der Waals surface area contributed by atoms with Crippen LogP contribution in [0.5, 0.6) is 0 Å². The molecule has 3 N–H and O–H groups in total. The second-order valence-corrected chi connectivity index (χ2v) is 8.09. The fourth-order valence-electron chi connectivity index (χ4n) is 3.86. The van der Waals surface area contributed by atoms with Gasteiger partial charge >= 0.3 is 0 Å². The molecule has 0 spiro atoms. The Morgan fingerprint density at radius 3 is 3.00 bits per heavy atom. The van der Waals surface area contributed by atoms with E-state index in [0.717, 1.165) is 52.5 Å². The molecule has 7 heteroatoms. The number of rotatable bonds is 4. The van der Waals surface area contributed by atoms with Crippen LogP contribution in [0, 0.1) is 5.82 Å². The lowest BCUT2D eigenvalue weighted by molar-refractivity contribution is 0.630. The molecule has 1 aromatic carbocycles. The van der Waals surface area contributed by atoms with Gasteiger partial charge in [-0.05, 0) is 55.5 Å². The molecule has 138 valence electrons. The van der Waals surface area contributed by atoms with E-state index >= 15 is 0 Å². The molecule has 3 heterocycles. The molecule has 3 aromatic heterocycles. The van der Waals surface area contributed by atoms with Crippen molar-refractivity contribution in [2.75, 3.05) is 11.9 Å². The molecule has 0 fully saturated rings. The number of anilines is 1. The molecule has 0 bridgehead atoms. The summed E-state index contributed by atoms with van der Waals surface area (Å²) in [6, 6.07) is 6.67. The fraction of sp³-hybridized carbons (Fsp3) is 0.300. The van der Waals surface area contributed by atoms with E-state index in [1.165, 1.54) is 29.0 Å². The maximum Gasteiger partial charge on any atom is 0.261 e. The predicted octanol–water partition coefficient (Wildman–Crippen LogP) is 4.14. The van der Waals surface area contributed by atoms with Gasteiger partial charge < -0.3 is 10.3 Å². The molecule has 0 amide bonds. The van der Waals surface area contributed by atoms with E-state index in [9.17, 15) is 9.18 Å².